The van der Waals surface area contributed by atoms with Crippen LogP contribution in [0, 0.1) is 10.1 Å². The summed E-state index contributed by atoms with van der Waals surface area (Å²) in [5.41, 5.74) is 0.889. The molecule has 0 bridgehead atoms. The van der Waals surface area contributed by atoms with E-state index in [1.165, 1.54) is 6.07 Å². The van der Waals surface area contributed by atoms with Crippen LogP contribution in [0.5, 0.6) is 0 Å². The number of methoxy groups -OCH3 is 1. The van der Waals surface area contributed by atoms with Gasteiger partial charge < -0.3 is 20.3 Å². The second-order valence-corrected chi connectivity index (χ2v) is 5.65. The Balaban J connectivity index is 0.00000312. The van der Waals surface area contributed by atoms with Crippen LogP contribution in [0.25, 0.3) is 0 Å². The first-order valence-corrected chi connectivity index (χ1v) is 8.14. The summed E-state index contributed by atoms with van der Waals surface area (Å²) in [4.78, 5) is 25.1. The summed E-state index contributed by atoms with van der Waals surface area (Å²) < 4.78 is 4.91. The van der Waals surface area contributed by atoms with Crippen molar-refractivity contribution < 1.29 is 14.5 Å². The van der Waals surface area contributed by atoms with E-state index in [1.54, 1.807) is 19.2 Å². The number of nitrogens with zero attached hydrogens (tertiary/aromatic N) is 2. The van der Waals surface area contributed by atoms with E-state index in [0.29, 0.717) is 37.5 Å². The van der Waals surface area contributed by atoms with E-state index in [4.69, 9.17) is 4.74 Å². The standard InChI is InChI=1S/C16H24N4O4.ClH/c1-24-11-8-17-6-7-18-16(21)13-4-5-14(15(12-13)20(22)23)19-9-2-3-10-19;/h4-5,12,17H,2-3,6-11H2,1H3,(H,18,21);1H. The molecule has 1 aromatic carbocycles. The number of carbonyl (C=O) groups is 1. The molecule has 1 heterocycles. The summed E-state index contributed by atoms with van der Waals surface area (Å²) in [6.07, 6.45) is 2.07. The maximum atomic E-state index is 12.1. The van der Waals surface area contributed by atoms with Gasteiger partial charge in [0.05, 0.1) is 11.5 Å². The lowest BCUT2D eigenvalue weighted by Crippen LogP contribution is -2.33. The second kappa shape index (κ2) is 10.9. The Bertz CT molecular complexity index is 579. The summed E-state index contributed by atoms with van der Waals surface area (Å²) in [6.45, 7) is 4.02. The molecule has 1 amide bonds. The Kier molecular flexibility index (Phi) is 9.18. The molecule has 1 fully saturated rings. The van der Waals surface area contributed by atoms with Crippen molar-refractivity contribution in [3.05, 3.63) is 33.9 Å². The van der Waals surface area contributed by atoms with Crippen LogP contribution in [-0.2, 0) is 4.74 Å². The third-order valence-corrected chi connectivity index (χ3v) is 3.95. The first-order chi connectivity index (χ1) is 11.6. The predicted molar refractivity (Wildman–Crippen MR) is 98.9 cm³/mol. The fourth-order valence-corrected chi connectivity index (χ4v) is 2.70. The van der Waals surface area contributed by atoms with Gasteiger partial charge in [-0.15, -0.1) is 12.4 Å². The molecular weight excluding hydrogens is 348 g/mol. The van der Waals surface area contributed by atoms with E-state index < -0.39 is 4.92 Å². The highest BCUT2D eigenvalue weighted by Gasteiger charge is 2.23. The zero-order valence-corrected chi connectivity index (χ0v) is 15.1. The maximum absolute atomic E-state index is 12.1. The van der Waals surface area contributed by atoms with Crippen LogP contribution in [0.1, 0.15) is 23.2 Å². The number of anilines is 1. The maximum Gasteiger partial charge on any atom is 0.293 e. The van der Waals surface area contributed by atoms with E-state index >= 15 is 0 Å². The fourth-order valence-electron chi connectivity index (χ4n) is 2.70. The Morgan fingerprint density at radius 1 is 1.28 bits per heavy atom. The van der Waals surface area contributed by atoms with Crippen molar-refractivity contribution in [1.29, 1.82) is 0 Å². The average Bonchev–Trinajstić information content (AvgIpc) is 3.11. The van der Waals surface area contributed by atoms with Crippen molar-refractivity contribution in [1.82, 2.24) is 10.6 Å². The summed E-state index contributed by atoms with van der Waals surface area (Å²) >= 11 is 0. The van der Waals surface area contributed by atoms with Crippen LogP contribution in [0.3, 0.4) is 0 Å². The smallest absolute Gasteiger partial charge is 0.293 e. The minimum Gasteiger partial charge on any atom is -0.383 e. The van der Waals surface area contributed by atoms with Gasteiger partial charge in [0.25, 0.3) is 11.6 Å². The fraction of sp³-hybridized carbons (Fsp3) is 0.562. The number of amides is 1. The van der Waals surface area contributed by atoms with Crippen molar-refractivity contribution in [2.45, 2.75) is 12.8 Å². The van der Waals surface area contributed by atoms with Gasteiger partial charge in [-0.1, -0.05) is 0 Å². The van der Waals surface area contributed by atoms with Gasteiger partial charge in [0.2, 0.25) is 0 Å². The van der Waals surface area contributed by atoms with Crippen molar-refractivity contribution in [3.63, 3.8) is 0 Å². The molecule has 0 aliphatic carbocycles. The molecule has 0 spiro atoms. The quantitative estimate of drug-likeness (QED) is 0.388. The molecule has 0 aromatic heterocycles. The van der Waals surface area contributed by atoms with E-state index in [0.717, 1.165) is 25.9 Å². The van der Waals surface area contributed by atoms with Crippen LogP contribution >= 0.6 is 12.4 Å². The Hall–Kier alpha value is -1.90. The molecule has 9 heteroatoms. The zero-order chi connectivity index (χ0) is 17.4. The minimum atomic E-state index is -0.420. The highest BCUT2D eigenvalue weighted by atomic mass is 35.5. The largest absolute Gasteiger partial charge is 0.383 e. The molecule has 1 saturated heterocycles. The van der Waals surface area contributed by atoms with Crippen molar-refractivity contribution in [2.24, 2.45) is 0 Å². The van der Waals surface area contributed by atoms with E-state index in [-0.39, 0.29) is 24.0 Å². The number of hydrogen-bond acceptors (Lipinski definition) is 6. The predicted octanol–water partition coefficient (Wildman–Crippen LogP) is 1.58. The molecule has 0 radical (unpaired) electrons. The molecule has 140 valence electrons. The van der Waals surface area contributed by atoms with E-state index in [1.807, 2.05) is 4.90 Å². The summed E-state index contributed by atoms with van der Waals surface area (Å²) in [6, 6.07) is 4.69. The number of carbonyl (C=O) groups excluding carboxylic acids is 1. The average molecular weight is 373 g/mol. The minimum absolute atomic E-state index is 0. The topological polar surface area (TPSA) is 96.7 Å². The molecule has 2 N–H and O–H groups in total. The van der Waals surface area contributed by atoms with Gasteiger partial charge in [-0.25, -0.2) is 0 Å². The van der Waals surface area contributed by atoms with E-state index in [9.17, 15) is 14.9 Å². The van der Waals surface area contributed by atoms with Gasteiger partial charge in [-0.3, -0.25) is 14.9 Å². The van der Waals surface area contributed by atoms with Crippen molar-refractivity contribution in [2.75, 3.05) is 51.3 Å². The SMILES string of the molecule is COCCNCCNC(=O)c1ccc(N2CCCC2)c([N+](=O)[O-])c1.Cl. The van der Waals surface area contributed by atoms with Gasteiger partial charge in [0.15, 0.2) is 0 Å². The highest BCUT2D eigenvalue weighted by Crippen LogP contribution is 2.31. The molecule has 0 atom stereocenters. The summed E-state index contributed by atoms with van der Waals surface area (Å²) in [5, 5.41) is 17.2. The molecule has 1 aliphatic rings. The Labute approximate surface area is 153 Å². The molecule has 1 aliphatic heterocycles. The van der Waals surface area contributed by atoms with Crippen LogP contribution in [0.15, 0.2) is 18.2 Å². The van der Waals surface area contributed by atoms with Crippen molar-refractivity contribution in [3.8, 4) is 0 Å². The van der Waals surface area contributed by atoms with Crippen LogP contribution in [-0.4, -0.2) is 57.3 Å². The molecule has 0 unspecified atom stereocenters. The lowest BCUT2D eigenvalue weighted by atomic mass is 10.1. The van der Waals surface area contributed by atoms with Crippen LogP contribution in [0.2, 0.25) is 0 Å². The molecule has 2 rings (SSSR count). The number of nitrogens with one attached hydrogen (secondary N) is 2. The number of ether oxygens (including phenoxy) is 1. The number of nitro benzene ring substituents is 1. The summed E-state index contributed by atoms with van der Waals surface area (Å²) in [5.74, 6) is -0.306. The monoisotopic (exact) mass is 372 g/mol. The molecular formula is C16H25ClN4O4. The summed E-state index contributed by atoms with van der Waals surface area (Å²) in [7, 11) is 1.63. The Morgan fingerprint density at radius 2 is 2.00 bits per heavy atom. The number of hydrogen-bond donors (Lipinski definition) is 2. The van der Waals surface area contributed by atoms with Crippen LogP contribution < -0.4 is 15.5 Å². The lowest BCUT2D eigenvalue weighted by molar-refractivity contribution is -0.384. The highest BCUT2D eigenvalue weighted by molar-refractivity contribution is 5.95. The number of nitro groups is 1. The molecule has 0 saturated carbocycles. The zero-order valence-electron chi connectivity index (χ0n) is 14.3. The van der Waals surface area contributed by atoms with Crippen molar-refractivity contribution >= 4 is 29.7 Å². The first-order valence-electron chi connectivity index (χ1n) is 8.14. The molecule has 8 nitrogen and oxygen atoms in total. The van der Waals surface area contributed by atoms with Crippen LogP contribution in [0.4, 0.5) is 11.4 Å². The normalized spacial score (nSPS) is 13.4. The third kappa shape index (κ3) is 6.15. The first kappa shape index (κ1) is 21.1. The Morgan fingerprint density at radius 3 is 2.64 bits per heavy atom. The van der Waals surface area contributed by atoms with Gasteiger partial charge in [-0.2, -0.15) is 0 Å². The number of halogens is 1. The lowest BCUT2D eigenvalue weighted by Gasteiger charge is -2.17. The van der Waals surface area contributed by atoms with E-state index in [2.05, 4.69) is 10.6 Å². The third-order valence-electron chi connectivity index (χ3n) is 3.95. The van der Waals surface area contributed by atoms with Gasteiger partial charge >= 0.3 is 0 Å². The number of rotatable bonds is 9. The van der Waals surface area contributed by atoms with Gasteiger partial charge in [-0.05, 0) is 25.0 Å². The molecule has 25 heavy (non-hydrogen) atoms. The second-order valence-electron chi connectivity index (χ2n) is 5.65. The molecule has 1 aromatic rings. The number of benzene rings is 1. The van der Waals surface area contributed by atoms with Gasteiger partial charge in [0, 0.05) is 51.5 Å². The van der Waals surface area contributed by atoms with Gasteiger partial charge in [0.1, 0.15) is 5.69 Å².